The molecule has 2 aromatic rings. The highest BCUT2D eigenvalue weighted by molar-refractivity contribution is 8.01. The lowest BCUT2D eigenvalue weighted by molar-refractivity contribution is -0.124. The van der Waals surface area contributed by atoms with Gasteiger partial charge in [-0.3, -0.25) is 9.59 Å². The van der Waals surface area contributed by atoms with Gasteiger partial charge in [0.05, 0.1) is 10.9 Å². The lowest BCUT2D eigenvalue weighted by Crippen LogP contribution is -2.43. The molecule has 0 fully saturated rings. The van der Waals surface area contributed by atoms with Crippen LogP contribution in [0.1, 0.15) is 12.0 Å². The number of rotatable bonds is 7. The third kappa shape index (κ3) is 5.50. The van der Waals surface area contributed by atoms with Crippen molar-refractivity contribution in [1.82, 2.24) is 10.2 Å². The Hall–Kier alpha value is -2.02. The van der Waals surface area contributed by atoms with E-state index in [1.807, 2.05) is 38.4 Å². The predicted octanol–water partition coefficient (Wildman–Crippen LogP) is 3.43. The number of benzene rings is 2. The van der Waals surface area contributed by atoms with Crippen LogP contribution in [0.15, 0.2) is 53.4 Å². The number of thioether (sulfide) groups is 1. The minimum atomic E-state index is -0.444. The van der Waals surface area contributed by atoms with E-state index in [-0.39, 0.29) is 24.3 Å². The Labute approximate surface area is 174 Å². The van der Waals surface area contributed by atoms with Crippen LogP contribution >= 0.6 is 23.4 Å². The summed E-state index contributed by atoms with van der Waals surface area (Å²) < 4.78 is 0. The Bertz CT molecular complexity index is 845. The molecule has 0 saturated heterocycles. The van der Waals surface area contributed by atoms with Crippen molar-refractivity contribution < 1.29 is 9.59 Å². The first-order chi connectivity index (χ1) is 13.4. The summed E-state index contributed by atoms with van der Waals surface area (Å²) in [5, 5.41) is 5.96. The molecule has 0 aliphatic carbocycles. The van der Waals surface area contributed by atoms with E-state index in [2.05, 4.69) is 27.7 Å². The second-order valence-corrected chi connectivity index (χ2v) is 8.73. The van der Waals surface area contributed by atoms with Crippen LogP contribution in [0.4, 0.5) is 5.69 Å². The summed E-state index contributed by atoms with van der Waals surface area (Å²) in [7, 11) is 4.01. The summed E-state index contributed by atoms with van der Waals surface area (Å²) >= 11 is 7.37. The van der Waals surface area contributed by atoms with E-state index in [0.717, 1.165) is 11.3 Å². The maximum Gasteiger partial charge on any atom is 0.238 e. The standard InChI is InChI=1S/C21H24ClN3O2S/c1-25(2)16(10-14-6-4-3-5-7-14)13-23-20(26)12-19-21(27)24-17-11-15(22)8-9-18(17)28-19/h3-9,11,16,19H,10,12-13H2,1-2H3,(H,23,26)(H,24,27)/t16-,19-/m1/s1. The van der Waals surface area contributed by atoms with Crippen molar-refractivity contribution in [2.75, 3.05) is 26.0 Å². The number of nitrogens with one attached hydrogen (secondary N) is 2. The molecule has 0 unspecified atom stereocenters. The minimum absolute atomic E-state index is 0.120. The van der Waals surface area contributed by atoms with Gasteiger partial charge >= 0.3 is 0 Å². The van der Waals surface area contributed by atoms with Gasteiger partial charge in [0.15, 0.2) is 0 Å². The molecule has 28 heavy (non-hydrogen) atoms. The van der Waals surface area contributed by atoms with Crippen LogP contribution in [0.2, 0.25) is 5.02 Å². The lowest BCUT2D eigenvalue weighted by atomic mass is 10.1. The Morgan fingerprint density at radius 2 is 2.00 bits per heavy atom. The van der Waals surface area contributed by atoms with Crippen molar-refractivity contribution >= 4 is 40.9 Å². The second-order valence-electron chi connectivity index (χ2n) is 7.05. The molecule has 1 heterocycles. The largest absolute Gasteiger partial charge is 0.354 e. The van der Waals surface area contributed by atoms with Gasteiger partial charge in [0.2, 0.25) is 11.8 Å². The van der Waals surface area contributed by atoms with Crippen LogP contribution in [0.3, 0.4) is 0 Å². The maximum atomic E-state index is 12.5. The summed E-state index contributed by atoms with van der Waals surface area (Å²) in [6.45, 7) is 0.534. The molecule has 2 atom stereocenters. The quantitative estimate of drug-likeness (QED) is 0.724. The molecule has 0 radical (unpaired) electrons. The second kappa shape index (κ2) is 9.45. The fraction of sp³-hybridized carbons (Fsp3) is 0.333. The van der Waals surface area contributed by atoms with Crippen molar-refractivity contribution in [2.24, 2.45) is 0 Å². The van der Waals surface area contributed by atoms with E-state index in [1.54, 1.807) is 12.1 Å². The number of hydrogen-bond donors (Lipinski definition) is 2. The number of fused-ring (bicyclic) bond motifs is 1. The average Bonchev–Trinajstić information content (AvgIpc) is 2.66. The average molecular weight is 418 g/mol. The van der Waals surface area contributed by atoms with Crippen molar-refractivity contribution in [3.63, 3.8) is 0 Å². The van der Waals surface area contributed by atoms with E-state index in [0.29, 0.717) is 17.3 Å². The summed E-state index contributed by atoms with van der Waals surface area (Å²) in [5.74, 6) is -0.284. The lowest BCUT2D eigenvalue weighted by Gasteiger charge is -2.26. The Kier molecular flexibility index (Phi) is 6.99. The molecule has 0 spiro atoms. The Morgan fingerprint density at radius 3 is 2.71 bits per heavy atom. The van der Waals surface area contributed by atoms with Gasteiger partial charge in [-0.1, -0.05) is 41.9 Å². The van der Waals surface area contributed by atoms with Crippen LogP contribution < -0.4 is 10.6 Å². The molecule has 2 N–H and O–H groups in total. The zero-order valence-corrected chi connectivity index (χ0v) is 17.5. The van der Waals surface area contributed by atoms with Crippen LogP contribution in [-0.2, 0) is 16.0 Å². The fourth-order valence-corrected chi connectivity index (χ4v) is 4.32. The van der Waals surface area contributed by atoms with Gasteiger partial charge in [-0.05, 0) is 44.3 Å². The van der Waals surface area contributed by atoms with Crippen LogP contribution in [-0.4, -0.2) is 48.6 Å². The third-order valence-corrected chi connectivity index (χ3v) is 6.22. The van der Waals surface area contributed by atoms with Gasteiger partial charge in [0.1, 0.15) is 0 Å². The zero-order valence-electron chi connectivity index (χ0n) is 15.9. The molecule has 0 bridgehead atoms. The van der Waals surface area contributed by atoms with Crippen molar-refractivity contribution in [2.45, 2.75) is 29.0 Å². The summed E-state index contributed by atoms with van der Waals surface area (Å²) in [6.07, 6.45) is 0.991. The summed E-state index contributed by atoms with van der Waals surface area (Å²) in [5.41, 5.74) is 1.93. The van der Waals surface area contributed by atoms with E-state index < -0.39 is 5.25 Å². The van der Waals surface area contributed by atoms with E-state index in [1.165, 1.54) is 17.3 Å². The minimum Gasteiger partial charge on any atom is -0.354 e. The van der Waals surface area contributed by atoms with Crippen molar-refractivity contribution in [3.05, 3.63) is 59.1 Å². The highest BCUT2D eigenvalue weighted by Gasteiger charge is 2.29. The molecule has 2 aromatic carbocycles. The SMILES string of the molecule is CN(C)[C@@H](CNC(=O)C[C@H]1Sc2ccc(Cl)cc2NC1=O)Cc1ccccc1. The van der Waals surface area contributed by atoms with Gasteiger partial charge < -0.3 is 15.5 Å². The number of likely N-dealkylation sites (N-methyl/N-ethyl adjacent to an activating group) is 1. The third-order valence-electron chi connectivity index (χ3n) is 4.71. The van der Waals surface area contributed by atoms with Crippen molar-refractivity contribution in [3.8, 4) is 0 Å². The van der Waals surface area contributed by atoms with Crippen LogP contribution in [0.5, 0.6) is 0 Å². The molecule has 0 saturated carbocycles. The first kappa shape index (κ1) is 20.7. The molecule has 7 heteroatoms. The molecule has 2 amide bonds. The number of anilines is 1. The van der Waals surface area contributed by atoms with Gasteiger partial charge in [-0.25, -0.2) is 0 Å². The molecular weight excluding hydrogens is 394 g/mol. The van der Waals surface area contributed by atoms with E-state index >= 15 is 0 Å². The number of hydrogen-bond acceptors (Lipinski definition) is 4. The topological polar surface area (TPSA) is 61.4 Å². The summed E-state index contributed by atoms with van der Waals surface area (Å²) in [4.78, 5) is 27.8. The number of halogens is 1. The molecule has 148 valence electrons. The number of carbonyl (C=O) groups is 2. The summed E-state index contributed by atoms with van der Waals surface area (Å²) in [6, 6.07) is 15.8. The Morgan fingerprint density at radius 1 is 1.25 bits per heavy atom. The first-order valence-electron chi connectivity index (χ1n) is 9.16. The number of nitrogens with zero attached hydrogens (tertiary/aromatic N) is 1. The van der Waals surface area contributed by atoms with Gasteiger partial charge in [-0.2, -0.15) is 0 Å². The number of amides is 2. The predicted molar refractivity (Wildman–Crippen MR) is 115 cm³/mol. The smallest absolute Gasteiger partial charge is 0.238 e. The highest BCUT2D eigenvalue weighted by atomic mass is 35.5. The zero-order chi connectivity index (χ0) is 20.1. The molecular formula is C21H24ClN3O2S. The van der Waals surface area contributed by atoms with Gasteiger partial charge in [-0.15, -0.1) is 11.8 Å². The first-order valence-corrected chi connectivity index (χ1v) is 10.4. The molecule has 5 nitrogen and oxygen atoms in total. The van der Waals surface area contributed by atoms with Gasteiger partial charge in [0.25, 0.3) is 0 Å². The Balaban J connectivity index is 1.54. The fourth-order valence-electron chi connectivity index (χ4n) is 3.05. The monoisotopic (exact) mass is 417 g/mol. The maximum absolute atomic E-state index is 12.5. The molecule has 1 aliphatic heterocycles. The molecule has 3 rings (SSSR count). The van der Waals surface area contributed by atoms with Crippen molar-refractivity contribution in [1.29, 1.82) is 0 Å². The van der Waals surface area contributed by atoms with E-state index in [9.17, 15) is 9.59 Å². The number of carbonyl (C=O) groups excluding carboxylic acids is 2. The molecule has 1 aliphatic rings. The normalized spacial score (nSPS) is 17.0. The van der Waals surface area contributed by atoms with Gasteiger partial charge in [0, 0.05) is 28.9 Å². The highest BCUT2D eigenvalue weighted by Crippen LogP contribution is 2.38. The molecule has 0 aromatic heterocycles. The van der Waals surface area contributed by atoms with E-state index in [4.69, 9.17) is 11.6 Å². The van der Waals surface area contributed by atoms with Crippen LogP contribution in [0.25, 0.3) is 0 Å². The van der Waals surface area contributed by atoms with Crippen LogP contribution in [0, 0.1) is 0 Å².